The quantitative estimate of drug-likeness (QED) is 0.606. The van der Waals surface area contributed by atoms with Gasteiger partial charge in [0.25, 0.3) is 0 Å². The van der Waals surface area contributed by atoms with Crippen molar-refractivity contribution in [2.75, 3.05) is 13.1 Å². The fraction of sp³-hybridized carbons (Fsp3) is 0.929. The number of hydrogen-bond donors (Lipinski definition) is 0. The fourth-order valence-electron chi connectivity index (χ4n) is 2.52. The molecule has 0 bridgehead atoms. The summed E-state index contributed by atoms with van der Waals surface area (Å²) in [6.45, 7) is 6.39. The Hall–Kier alpha value is -0.530. The molecule has 0 saturated carbocycles. The molecule has 1 aliphatic rings. The lowest BCUT2D eigenvalue weighted by Crippen LogP contribution is -2.33. The van der Waals surface area contributed by atoms with Crippen molar-refractivity contribution in [1.29, 1.82) is 0 Å². The lowest BCUT2D eigenvalue weighted by Gasteiger charge is -2.22. The van der Waals surface area contributed by atoms with Crippen LogP contribution >= 0.6 is 0 Å². The number of carbonyl (C=O) groups excluding carboxylic acids is 1. The number of hydrogen-bond acceptors (Lipinski definition) is 1. The molecule has 0 spiro atoms. The van der Waals surface area contributed by atoms with E-state index in [1.165, 1.54) is 38.5 Å². The van der Waals surface area contributed by atoms with Gasteiger partial charge in [-0.05, 0) is 25.7 Å². The fourth-order valence-corrected chi connectivity index (χ4v) is 2.52. The van der Waals surface area contributed by atoms with Crippen LogP contribution in [0.15, 0.2) is 0 Å². The summed E-state index contributed by atoms with van der Waals surface area (Å²) in [5.74, 6) is 0.728. The van der Waals surface area contributed by atoms with Crippen LogP contribution in [0.5, 0.6) is 0 Å². The number of carbonyl (C=O) groups is 1. The molecule has 0 aromatic heterocycles. The zero-order valence-corrected chi connectivity index (χ0v) is 11.0. The molecule has 0 N–H and O–H groups in total. The van der Waals surface area contributed by atoms with E-state index in [1.807, 2.05) is 0 Å². The molecular formula is C14H27NO. The maximum Gasteiger partial charge on any atom is 0.225 e. The van der Waals surface area contributed by atoms with Gasteiger partial charge < -0.3 is 4.90 Å². The maximum absolute atomic E-state index is 12.2. The molecule has 1 rings (SSSR count). The average Bonchev–Trinajstić information content (AvgIpc) is 2.82. The van der Waals surface area contributed by atoms with E-state index in [-0.39, 0.29) is 0 Å². The highest BCUT2D eigenvalue weighted by atomic mass is 16.2. The summed E-state index contributed by atoms with van der Waals surface area (Å²) in [4.78, 5) is 14.2. The van der Waals surface area contributed by atoms with E-state index in [0.29, 0.717) is 11.8 Å². The third kappa shape index (κ3) is 4.15. The molecule has 1 atom stereocenters. The van der Waals surface area contributed by atoms with Gasteiger partial charge in [0.15, 0.2) is 0 Å². The molecular weight excluding hydrogens is 198 g/mol. The summed E-state index contributed by atoms with van der Waals surface area (Å²) in [6, 6.07) is 0. The first-order valence-corrected chi connectivity index (χ1v) is 7.08. The number of unbranched alkanes of at least 4 members (excludes halogenated alkanes) is 3. The van der Waals surface area contributed by atoms with E-state index in [2.05, 4.69) is 18.7 Å². The normalized spacial score (nSPS) is 17.8. The van der Waals surface area contributed by atoms with Gasteiger partial charge in [0.1, 0.15) is 0 Å². The second-order valence-electron chi connectivity index (χ2n) is 4.99. The van der Waals surface area contributed by atoms with E-state index in [0.717, 1.165) is 25.9 Å². The van der Waals surface area contributed by atoms with Crippen molar-refractivity contribution in [2.45, 2.75) is 65.2 Å². The molecule has 1 fully saturated rings. The third-order valence-electron chi connectivity index (χ3n) is 3.67. The third-order valence-corrected chi connectivity index (χ3v) is 3.67. The number of rotatable bonds is 7. The van der Waals surface area contributed by atoms with Gasteiger partial charge in [0, 0.05) is 19.0 Å². The van der Waals surface area contributed by atoms with Crippen molar-refractivity contribution in [1.82, 2.24) is 4.90 Å². The Morgan fingerprint density at radius 3 is 2.38 bits per heavy atom. The molecule has 1 unspecified atom stereocenters. The lowest BCUT2D eigenvalue weighted by molar-refractivity contribution is -0.134. The first kappa shape index (κ1) is 13.5. The van der Waals surface area contributed by atoms with E-state index in [4.69, 9.17) is 0 Å². The molecule has 16 heavy (non-hydrogen) atoms. The van der Waals surface area contributed by atoms with E-state index in [1.54, 1.807) is 0 Å². The Morgan fingerprint density at radius 2 is 1.81 bits per heavy atom. The molecule has 0 radical (unpaired) electrons. The molecule has 2 heteroatoms. The number of amides is 1. The first-order chi connectivity index (χ1) is 7.79. The highest BCUT2D eigenvalue weighted by Gasteiger charge is 2.24. The lowest BCUT2D eigenvalue weighted by atomic mass is 9.97. The molecule has 1 aliphatic heterocycles. The van der Waals surface area contributed by atoms with Gasteiger partial charge in [0.05, 0.1) is 0 Å². The van der Waals surface area contributed by atoms with Crippen molar-refractivity contribution in [3.05, 3.63) is 0 Å². The highest BCUT2D eigenvalue weighted by molar-refractivity contribution is 5.79. The van der Waals surface area contributed by atoms with Gasteiger partial charge in [-0.25, -0.2) is 0 Å². The van der Waals surface area contributed by atoms with E-state index >= 15 is 0 Å². The van der Waals surface area contributed by atoms with Crippen LogP contribution in [0, 0.1) is 5.92 Å². The van der Waals surface area contributed by atoms with Crippen molar-refractivity contribution in [3.63, 3.8) is 0 Å². The minimum absolute atomic E-state index is 0.301. The minimum Gasteiger partial charge on any atom is -0.342 e. The molecule has 1 saturated heterocycles. The van der Waals surface area contributed by atoms with Crippen LogP contribution < -0.4 is 0 Å². The Bertz CT molecular complexity index is 197. The van der Waals surface area contributed by atoms with Crippen LogP contribution in [0.3, 0.4) is 0 Å². The van der Waals surface area contributed by atoms with Gasteiger partial charge >= 0.3 is 0 Å². The topological polar surface area (TPSA) is 20.3 Å². The first-order valence-electron chi connectivity index (χ1n) is 7.08. The smallest absolute Gasteiger partial charge is 0.225 e. The van der Waals surface area contributed by atoms with Gasteiger partial charge in [0.2, 0.25) is 5.91 Å². The van der Waals surface area contributed by atoms with Crippen LogP contribution in [0.1, 0.15) is 65.2 Å². The Morgan fingerprint density at radius 1 is 1.12 bits per heavy atom. The largest absolute Gasteiger partial charge is 0.342 e. The molecule has 94 valence electrons. The maximum atomic E-state index is 12.2. The van der Waals surface area contributed by atoms with Crippen LogP contribution in [0.2, 0.25) is 0 Å². The summed E-state index contributed by atoms with van der Waals surface area (Å²) < 4.78 is 0. The standard InChI is InChI=1S/C14H27NO/c1-3-5-6-7-10-13(4-2)14(16)15-11-8-9-12-15/h13H,3-12H2,1-2H3. The minimum atomic E-state index is 0.301. The van der Waals surface area contributed by atoms with Crippen LogP contribution in [-0.4, -0.2) is 23.9 Å². The van der Waals surface area contributed by atoms with Gasteiger partial charge in [-0.3, -0.25) is 4.79 Å². The average molecular weight is 225 g/mol. The predicted molar refractivity (Wildman–Crippen MR) is 68.4 cm³/mol. The summed E-state index contributed by atoms with van der Waals surface area (Å²) in [6.07, 6.45) is 9.64. The zero-order valence-electron chi connectivity index (χ0n) is 11.0. The Labute approximate surface area is 100 Å². The second-order valence-corrected chi connectivity index (χ2v) is 4.99. The summed E-state index contributed by atoms with van der Waals surface area (Å²) >= 11 is 0. The molecule has 0 aromatic rings. The SMILES string of the molecule is CCCCCCC(CC)C(=O)N1CCCC1. The number of nitrogens with zero attached hydrogens (tertiary/aromatic N) is 1. The summed E-state index contributed by atoms with van der Waals surface area (Å²) in [5, 5.41) is 0. The Balaban J connectivity index is 2.25. The molecule has 0 aliphatic carbocycles. The summed E-state index contributed by atoms with van der Waals surface area (Å²) in [5.41, 5.74) is 0. The monoisotopic (exact) mass is 225 g/mol. The van der Waals surface area contributed by atoms with Gasteiger partial charge in [-0.1, -0.05) is 39.5 Å². The Kier molecular flexibility index (Phi) is 6.51. The van der Waals surface area contributed by atoms with Crippen LogP contribution in [0.25, 0.3) is 0 Å². The second kappa shape index (κ2) is 7.70. The molecule has 0 aromatic carbocycles. The van der Waals surface area contributed by atoms with Crippen molar-refractivity contribution >= 4 is 5.91 Å². The molecule has 1 amide bonds. The van der Waals surface area contributed by atoms with Crippen LogP contribution in [-0.2, 0) is 4.79 Å². The van der Waals surface area contributed by atoms with Crippen LogP contribution in [0.4, 0.5) is 0 Å². The highest BCUT2D eigenvalue weighted by Crippen LogP contribution is 2.19. The van der Waals surface area contributed by atoms with E-state index < -0.39 is 0 Å². The van der Waals surface area contributed by atoms with Crippen molar-refractivity contribution in [3.8, 4) is 0 Å². The van der Waals surface area contributed by atoms with Crippen molar-refractivity contribution < 1.29 is 4.79 Å². The molecule has 1 heterocycles. The molecule has 2 nitrogen and oxygen atoms in total. The predicted octanol–water partition coefficient (Wildman–Crippen LogP) is 3.61. The van der Waals surface area contributed by atoms with Crippen molar-refractivity contribution in [2.24, 2.45) is 5.92 Å². The number of likely N-dealkylation sites (tertiary alicyclic amines) is 1. The zero-order chi connectivity index (χ0) is 11.8. The van der Waals surface area contributed by atoms with Gasteiger partial charge in [-0.2, -0.15) is 0 Å². The van der Waals surface area contributed by atoms with E-state index in [9.17, 15) is 4.79 Å². The summed E-state index contributed by atoms with van der Waals surface area (Å²) in [7, 11) is 0. The van der Waals surface area contributed by atoms with Gasteiger partial charge in [-0.15, -0.1) is 0 Å².